The van der Waals surface area contributed by atoms with Gasteiger partial charge >= 0.3 is 0 Å². The normalized spacial score (nSPS) is 32.1. The molecule has 0 saturated carbocycles. The van der Waals surface area contributed by atoms with E-state index in [2.05, 4.69) is 11.1 Å². The van der Waals surface area contributed by atoms with Gasteiger partial charge in [0, 0.05) is 30.8 Å². The van der Waals surface area contributed by atoms with E-state index in [1.165, 1.54) is 0 Å². The summed E-state index contributed by atoms with van der Waals surface area (Å²) in [6, 6.07) is 2.18. The Hall–Kier alpha value is -0.930. The number of aryl methyl sites for hydroxylation is 1. The van der Waals surface area contributed by atoms with Gasteiger partial charge in [-0.25, -0.2) is 0 Å². The zero-order valence-electron chi connectivity index (χ0n) is 8.73. The summed E-state index contributed by atoms with van der Waals surface area (Å²) < 4.78 is -0.134. The minimum absolute atomic E-state index is 0.0994. The third-order valence-electron chi connectivity index (χ3n) is 3.02. The summed E-state index contributed by atoms with van der Waals surface area (Å²) in [4.78, 5) is 4.15. The van der Waals surface area contributed by atoms with Gasteiger partial charge < -0.3 is 9.85 Å². The molecule has 1 aromatic heterocycles. The number of likely N-dealkylation sites (tertiary alicyclic amines) is 1. The highest BCUT2D eigenvalue weighted by Gasteiger charge is 2.32. The van der Waals surface area contributed by atoms with Gasteiger partial charge in [0.25, 0.3) is 0 Å². The summed E-state index contributed by atoms with van der Waals surface area (Å²) in [6.45, 7) is 2.75. The third kappa shape index (κ3) is 1.65. The average molecular weight is 192 g/mol. The molecular weight excluding hydrogens is 176 g/mol. The molecule has 0 N–H and O–H groups in total. The summed E-state index contributed by atoms with van der Waals surface area (Å²) in [5.41, 5.74) is 2.23. The molecule has 1 saturated heterocycles. The fraction of sp³-hybridized carbons (Fsp3) is 0.545. The summed E-state index contributed by atoms with van der Waals surface area (Å²) in [6.07, 6.45) is 5.68. The number of hydrogen-bond acceptors (Lipinski definition) is 2. The first-order valence-electron chi connectivity index (χ1n) is 5.07. The number of quaternary nitrogens is 1. The van der Waals surface area contributed by atoms with E-state index in [0.29, 0.717) is 0 Å². The molecule has 0 aromatic carbocycles. The minimum atomic E-state index is -0.134. The maximum atomic E-state index is 12.1. The van der Waals surface area contributed by atoms with E-state index in [1.807, 2.05) is 19.3 Å². The molecule has 0 amide bonds. The van der Waals surface area contributed by atoms with Crippen LogP contribution in [-0.4, -0.2) is 23.2 Å². The van der Waals surface area contributed by atoms with E-state index in [0.717, 1.165) is 30.5 Å². The van der Waals surface area contributed by atoms with Crippen LogP contribution in [0.15, 0.2) is 18.5 Å². The van der Waals surface area contributed by atoms with Gasteiger partial charge in [0.15, 0.2) is 0 Å². The number of hydrogen-bond donors (Lipinski definition) is 0. The quantitative estimate of drug-likeness (QED) is 0.505. The highest BCUT2D eigenvalue weighted by Crippen LogP contribution is 2.36. The molecule has 14 heavy (non-hydrogen) atoms. The number of hydroxylamine groups is 3. The van der Waals surface area contributed by atoms with E-state index in [4.69, 9.17) is 0 Å². The van der Waals surface area contributed by atoms with Crippen LogP contribution in [-0.2, 0) is 0 Å². The van der Waals surface area contributed by atoms with Crippen molar-refractivity contribution in [1.29, 1.82) is 0 Å². The molecule has 0 spiro atoms. The second kappa shape index (κ2) is 3.33. The zero-order chi connectivity index (χ0) is 10.2. The van der Waals surface area contributed by atoms with Crippen LogP contribution in [0.3, 0.4) is 0 Å². The second-order valence-corrected chi connectivity index (χ2v) is 4.35. The monoisotopic (exact) mass is 192 g/mol. The topological polar surface area (TPSA) is 36.0 Å². The Bertz CT molecular complexity index is 336. The van der Waals surface area contributed by atoms with Crippen LogP contribution in [0.5, 0.6) is 0 Å². The largest absolute Gasteiger partial charge is 0.633 e. The van der Waals surface area contributed by atoms with Crippen molar-refractivity contribution in [2.75, 3.05) is 13.6 Å². The van der Waals surface area contributed by atoms with Crippen molar-refractivity contribution in [3.63, 3.8) is 0 Å². The van der Waals surface area contributed by atoms with Gasteiger partial charge in [-0.1, -0.05) is 0 Å². The van der Waals surface area contributed by atoms with E-state index in [1.54, 1.807) is 7.05 Å². The molecule has 0 aliphatic carbocycles. The Morgan fingerprint density at radius 3 is 2.86 bits per heavy atom. The first kappa shape index (κ1) is 9.62. The molecule has 1 fully saturated rings. The molecule has 1 aliphatic heterocycles. The molecule has 2 heterocycles. The maximum absolute atomic E-state index is 12.1. The van der Waals surface area contributed by atoms with Crippen molar-refractivity contribution in [3.8, 4) is 0 Å². The molecular formula is C11H16N2O. The first-order chi connectivity index (χ1) is 6.59. The van der Waals surface area contributed by atoms with Crippen LogP contribution in [0.1, 0.15) is 30.0 Å². The lowest BCUT2D eigenvalue weighted by Gasteiger charge is -2.40. The van der Waals surface area contributed by atoms with Gasteiger partial charge in [-0.3, -0.25) is 4.98 Å². The molecule has 1 aromatic rings. The predicted molar refractivity (Wildman–Crippen MR) is 55.4 cm³/mol. The Labute approximate surface area is 84.6 Å². The zero-order valence-corrected chi connectivity index (χ0v) is 8.73. The van der Waals surface area contributed by atoms with Crippen molar-refractivity contribution in [2.45, 2.75) is 25.8 Å². The van der Waals surface area contributed by atoms with Crippen molar-refractivity contribution >= 4 is 0 Å². The van der Waals surface area contributed by atoms with E-state index in [-0.39, 0.29) is 10.7 Å². The third-order valence-corrected chi connectivity index (χ3v) is 3.02. The number of aromatic nitrogens is 1. The number of rotatable bonds is 1. The van der Waals surface area contributed by atoms with Crippen molar-refractivity contribution in [2.24, 2.45) is 0 Å². The van der Waals surface area contributed by atoms with Crippen LogP contribution in [0.2, 0.25) is 0 Å². The standard InChI is InChI=1S/C11H16N2O/c1-9-6-10(8-12-7-9)11-4-3-5-13(11,2)14/h6-8,11H,3-5H2,1-2H3/t11-,13?/m0/s1. The Kier molecular flexibility index (Phi) is 2.29. The van der Waals surface area contributed by atoms with E-state index < -0.39 is 0 Å². The maximum Gasteiger partial charge on any atom is 0.116 e. The minimum Gasteiger partial charge on any atom is -0.633 e. The van der Waals surface area contributed by atoms with Crippen LogP contribution in [0.25, 0.3) is 0 Å². The summed E-state index contributed by atoms with van der Waals surface area (Å²) in [5.74, 6) is 0. The SMILES string of the molecule is Cc1cncc([C@@H]2CCC[N+]2(C)[O-])c1. The number of nitrogens with zero attached hydrogens (tertiary/aromatic N) is 2. The van der Waals surface area contributed by atoms with Gasteiger partial charge in [-0.15, -0.1) is 0 Å². The molecule has 3 nitrogen and oxygen atoms in total. The molecule has 0 radical (unpaired) electrons. The van der Waals surface area contributed by atoms with Gasteiger partial charge in [0.05, 0.1) is 13.6 Å². The Balaban J connectivity index is 2.31. The van der Waals surface area contributed by atoms with E-state index in [9.17, 15) is 5.21 Å². The molecule has 0 bridgehead atoms. The van der Waals surface area contributed by atoms with Crippen LogP contribution < -0.4 is 0 Å². The smallest absolute Gasteiger partial charge is 0.116 e. The van der Waals surface area contributed by atoms with Gasteiger partial charge in [-0.2, -0.15) is 0 Å². The lowest BCUT2D eigenvalue weighted by Crippen LogP contribution is -2.36. The Morgan fingerprint density at radius 1 is 1.50 bits per heavy atom. The fourth-order valence-electron chi connectivity index (χ4n) is 2.27. The van der Waals surface area contributed by atoms with Crippen LogP contribution in [0.4, 0.5) is 0 Å². The lowest BCUT2D eigenvalue weighted by atomic mass is 10.1. The van der Waals surface area contributed by atoms with Crippen LogP contribution >= 0.6 is 0 Å². The molecule has 76 valence electrons. The number of pyridine rings is 1. The molecule has 3 heteroatoms. The van der Waals surface area contributed by atoms with E-state index >= 15 is 0 Å². The van der Waals surface area contributed by atoms with Gasteiger partial charge in [0.1, 0.15) is 6.04 Å². The summed E-state index contributed by atoms with van der Waals surface area (Å²) in [7, 11) is 1.76. The summed E-state index contributed by atoms with van der Waals surface area (Å²) in [5, 5.41) is 12.1. The highest BCUT2D eigenvalue weighted by molar-refractivity contribution is 5.19. The van der Waals surface area contributed by atoms with Crippen molar-refractivity contribution in [1.82, 2.24) is 4.98 Å². The van der Waals surface area contributed by atoms with Crippen molar-refractivity contribution < 1.29 is 4.65 Å². The van der Waals surface area contributed by atoms with Crippen molar-refractivity contribution in [3.05, 3.63) is 34.8 Å². The molecule has 1 aliphatic rings. The highest BCUT2D eigenvalue weighted by atomic mass is 16.5. The molecule has 1 unspecified atom stereocenters. The first-order valence-corrected chi connectivity index (χ1v) is 5.07. The fourth-order valence-corrected chi connectivity index (χ4v) is 2.27. The van der Waals surface area contributed by atoms with Gasteiger partial charge in [0.2, 0.25) is 0 Å². The predicted octanol–water partition coefficient (Wildman–Crippen LogP) is 2.17. The van der Waals surface area contributed by atoms with Gasteiger partial charge in [-0.05, 0) is 18.6 Å². The molecule has 2 atom stereocenters. The second-order valence-electron chi connectivity index (χ2n) is 4.35. The molecule has 2 rings (SSSR count). The van der Waals surface area contributed by atoms with Crippen LogP contribution in [0, 0.1) is 12.1 Å². The Morgan fingerprint density at radius 2 is 2.29 bits per heavy atom. The average Bonchev–Trinajstić information content (AvgIpc) is 2.45. The summed E-state index contributed by atoms with van der Waals surface area (Å²) >= 11 is 0. The lowest BCUT2D eigenvalue weighted by molar-refractivity contribution is -0.878.